The number of hydrogen-bond donors (Lipinski definition) is 1. The second kappa shape index (κ2) is 7.76. The number of aryl methyl sites for hydroxylation is 1. The van der Waals surface area contributed by atoms with Crippen LogP contribution in [0.2, 0.25) is 0 Å². The van der Waals surface area contributed by atoms with Crippen LogP contribution in [0.15, 0.2) is 30.6 Å². The Morgan fingerprint density at radius 2 is 1.93 bits per heavy atom. The maximum Gasteiger partial charge on any atom is 0.227 e. The van der Waals surface area contributed by atoms with Crippen LogP contribution in [0.4, 0.5) is 5.69 Å². The maximum absolute atomic E-state index is 12.5. The highest BCUT2D eigenvalue weighted by atomic mass is 32.2. The van der Waals surface area contributed by atoms with Gasteiger partial charge in [-0.3, -0.25) is 9.78 Å². The average molecular weight is 400 g/mol. The van der Waals surface area contributed by atoms with Crippen molar-refractivity contribution in [3.63, 3.8) is 0 Å². The molecule has 1 amide bonds. The van der Waals surface area contributed by atoms with Crippen LogP contribution in [0.25, 0.3) is 11.1 Å². The fourth-order valence-corrected chi connectivity index (χ4v) is 4.30. The average Bonchev–Trinajstić information content (AvgIpc) is 2.64. The Bertz CT molecular complexity index is 934. The molecular formula is C22H29N3O2S. The monoisotopic (exact) mass is 399 g/mol. The van der Waals surface area contributed by atoms with Gasteiger partial charge in [0.05, 0.1) is 15.7 Å². The molecule has 0 radical (unpaired) electrons. The van der Waals surface area contributed by atoms with Crippen molar-refractivity contribution in [2.45, 2.75) is 58.2 Å². The lowest BCUT2D eigenvalue weighted by atomic mass is 9.93. The minimum atomic E-state index is -1.15. The van der Waals surface area contributed by atoms with Crippen molar-refractivity contribution in [1.82, 2.24) is 9.71 Å². The maximum atomic E-state index is 12.5. The van der Waals surface area contributed by atoms with E-state index in [9.17, 15) is 9.00 Å². The predicted octanol–water partition coefficient (Wildman–Crippen LogP) is 4.08. The lowest BCUT2D eigenvalue weighted by molar-refractivity contribution is -0.118. The van der Waals surface area contributed by atoms with E-state index in [2.05, 4.69) is 22.7 Å². The summed E-state index contributed by atoms with van der Waals surface area (Å²) < 4.78 is 15.4. The molecule has 1 aliphatic heterocycles. The van der Waals surface area contributed by atoms with Gasteiger partial charge in [-0.1, -0.05) is 6.07 Å². The van der Waals surface area contributed by atoms with Gasteiger partial charge in [-0.2, -0.15) is 0 Å². The number of nitrogens with zero attached hydrogens (tertiary/aromatic N) is 2. The summed E-state index contributed by atoms with van der Waals surface area (Å²) in [5.41, 5.74) is 6.50. The van der Waals surface area contributed by atoms with Gasteiger partial charge in [-0.15, -0.1) is 0 Å². The van der Waals surface area contributed by atoms with Crippen molar-refractivity contribution in [2.75, 3.05) is 11.9 Å². The molecule has 1 aromatic carbocycles. The van der Waals surface area contributed by atoms with E-state index in [0.29, 0.717) is 6.42 Å². The van der Waals surface area contributed by atoms with E-state index in [1.165, 1.54) is 5.56 Å². The molecule has 28 heavy (non-hydrogen) atoms. The largest absolute Gasteiger partial charge is 0.315 e. The second-order valence-corrected chi connectivity index (χ2v) is 10.4. The summed E-state index contributed by atoms with van der Waals surface area (Å²) in [7, 11) is 0.678. The lowest BCUT2D eigenvalue weighted by Crippen LogP contribution is -2.35. The van der Waals surface area contributed by atoms with Crippen molar-refractivity contribution in [3.05, 3.63) is 47.3 Å². The van der Waals surface area contributed by atoms with Crippen LogP contribution in [0, 0.1) is 6.92 Å². The predicted molar refractivity (Wildman–Crippen MR) is 116 cm³/mol. The summed E-state index contributed by atoms with van der Waals surface area (Å²) in [5.74, 6) is 0.159. The van der Waals surface area contributed by atoms with E-state index in [1.807, 2.05) is 59.3 Å². The normalized spacial score (nSPS) is 16.6. The van der Waals surface area contributed by atoms with Crippen molar-refractivity contribution in [3.8, 4) is 11.1 Å². The van der Waals surface area contributed by atoms with Gasteiger partial charge in [0.25, 0.3) is 0 Å². The molecule has 1 aliphatic rings. The number of anilines is 1. The summed E-state index contributed by atoms with van der Waals surface area (Å²) in [4.78, 5) is 18.1. The van der Waals surface area contributed by atoms with Gasteiger partial charge in [0.2, 0.25) is 5.91 Å². The highest BCUT2D eigenvalue weighted by molar-refractivity contribution is 7.84. The quantitative estimate of drug-likeness (QED) is 0.843. The van der Waals surface area contributed by atoms with Gasteiger partial charge in [0.15, 0.2) is 0 Å². The van der Waals surface area contributed by atoms with Gasteiger partial charge in [-0.25, -0.2) is 8.93 Å². The van der Waals surface area contributed by atoms with E-state index < -0.39 is 11.0 Å². The van der Waals surface area contributed by atoms with E-state index in [4.69, 9.17) is 0 Å². The van der Waals surface area contributed by atoms with Crippen molar-refractivity contribution in [2.24, 2.45) is 0 Å². The molecule has 0 saturated carbocycles. The molecule has 2 atom stereocenters. The molecular weight excluding hydrogens is 370 g/mol. The first-order chi connectivity index (χ1) is 13.1. The van der Waals surface area contributed by atoms with E-state index in [1.54, 1.807) is 4.90 Å². The van der Waals surface area contributed by atoms with Crippen LogP contribution >= 0.6 is 0 Å². The lowest BCUT2D eigenvalue weighted by Gasteiger charge is -2.26. The fraction of sp³-hybridized carbons (Fsp3) is 0.455. The number of aromatic nitrogens is 1. The van der Waals surface area contributed by atoms with E-state index in [0.717, 1.165) is 34.4 Å². The van der Waals surface area contributed by atoms with Crippen molar-refractivity contribution >= 4 is 22.6 Å². The summed E-state index contributed by atoms with van der Waals surface area (Å²) >= 11 is 0. The Morgan fingerprint density at radius 3 is 2.61 bits per heavy atom. The summed E-state index contributed by atoms with van der Waals surface area (Å²) in [6.45, 7) is 9.97. The Hall–Kier alpha value is -2.05. The SMILES string of the molecule is Cc1c(-c2ccc3c(c2)CCC(=O)N3C)cncc1C(C)NS(=O)C(C)(C)C. The summed E-state index contributed by atoms with van der Waals surface area (Å²) in [6, 6.07) is 6.16. The number of pyridine rings is 1. The van der Waals surface area contributed by atoms with Crippen molar-refractivity contribution in [1.29, 1.82) is 0 Å². The molecule has 2 heterocycles. The van der Waals surface area contributed by atoms with E-state index in [-0.39, 0.29) is 16.7 Å². The van der Waals surface area contributed by atoms with Crippen LogP contribution in [-0.2, 0) is 22.2 Å². The van der Waals surface area contributed by atoms with Crippen molar-refractivity contribution < 1.29 is 9.00 Å². The molecule has 6 heteroatoms. The zero-order valence-corrected chi connectivity index (χ0v) is 18.3. The van der Waals surface area contributed by atoms with Gasteiger partial charge in [0.1, 0.15) is 0 Å². The van der Waals surface area contributed by atoms with Crippen LogP contribution < -0.4 is 9.62 Å². The summed E-state index contributed by atoms with van der Waals surface area (Å²) in [5, 5.41) is 0. The highest BCUT2D eigenvalue weighted by Crippen LogP contribution is 2.34. The third-order valence-electron chi connectivity index (χ3n) is 5.29. The molecule has 5 nitrogen and oxygen atoms in total. The number of carbonyl (C=O) groups is 1. The number of nitrogens with one attached hydrogen (secondary N) is 1. The van der Waals surface area contributed by atoms with Crippen LogP contribution in [0.5, 0.6) is 0 Å². The molecule has 1 aromatic heterocycles. The smallest absolute Gasteiger partial charge is 0.227 e. The molecule has 3 rings (SSSR count). The molecule has 1 N–H and O–H groups in total. The Kier molecular flexibility index (Phi) is 5.73. The number of hydrogen-bond acceptors (Lipinski definition) is 3. The number of benzene rings is 1. The minimum absolute atomic E-state index is 0.0751. The fourth-order valence-electron chi connectivity index (χ4n) is 3.49. The molecule has 0 saturated heterocycles. The Balaban J connectivity index is 1.94. The standard InChI is InChI=1S/C22H29N3O2S/c1-14-18(15(2)24-28(27)22(3,4)5)12-23-13-19(14)16-7-9-20-17(11-16)8-10-21(26)25(20)6/h7,9,11-13,15,24H,8,10H2,1-6H3. The zero-order chi connectivity index (χ0) is 20.6. The topological polar surface area (TPSA) is 62.3 Å². The van der Waals surface area contributed by atoms with E-state index >= 15 is 0 Å². The number of rotatable bonds is 4. The first kappa shape index (κ1) is 20.7. The van der Waals surface area contributed by atoms with Gasteiger partial charge in [0, 0.05) is 43.2 Å². The first-order valence-electron chi connectivity index (χ1n) is 9.62. The van der Waals surface area contributed by atoms with Crippen LogP contribution in [-0.4, -0.2) is 26.9 Å². The molecule has 150 valence electrons. The number of carbonyl (C=O) groups excluding carboxylic acids is 1. The molecule has 0 fully saturated rings. The zero-order valence-electron chi connectivity index (χ0n) is 17.5. The minimum Gasteiger partial charge on any atom is -0.315 e. The highest BCUT2D eigenvalue weighted by Gasteiger charge is 2.24. The third-order valence-corrected chi connectivity index (χ3v) is 6.97. The second-order valence-electron chi connectivity index (χ2n) is 8.42. The molecule has 0 aliphatic carbocycles. The summed E-state index contributed by atoms with van der Waals surface area (Å²) in [6.07, 6.45) is 5.04. The Labute approximate surface area is 170 Å². The van der Waals surface area contributed by atoms with Crippen LogP contribution in [0.3, 0.4) is 0 Å². The molecule has 2 aromatic rings. The Morgan fingerprint density at radius 1 is 1.21 bits per heavy atom. The van der Waals surface area contributed by atoms with Crippen LogP contribution in [0.1, 0.15) is 56.8 Å². The number of fused-ring (bicyclic) bond motifs is 1. The molecule has 0 bridgehead atoms. The first-order valence-corrected chi connectivity index (χ1v) is 10.8. The molecule has 2 unspecified atom stereocenters. The van der Waals surface area contributed by atoms with Gasteiger partial charge < -0.3 is 4.90 Å². The van der Waals surface area contributed by atoms with Gasteiger partial charge >= 0.3 is 0 Å². The van der Waals surface area contributed by atoms with Gasteiger partial charge in [-0.05, 0) is 75.4 Å². The molecule has 0 spiro atoms. The number of amides is 1. The third kappa shape index (κ3) is 4.03.